The zero-order valence-electron chi connectivity index (χ0n) is 19.0. The summed E-state index contributed by atoms with van der Waals surface area (Å²) in [6.45, 7) is 5.16. The molecule has 1 aromatic carbocycles. The number of benzene rings is 1. The fourth-order valence-electron chi connectivity index (χ4n) is 4.14. The van der Waals surface area contributed by atoms with Gasteiger partial charge in [-0.25, -0.2) is 13.1 Å². The Bertz CT molecular complexity index is 1200. The van der Waals surface area contributed by atoms with Crippen molar-refractivity contribution in [1.82, 2.24) is 19.4 Å². The highest BCUT2D eigenvalue weighted by Crippen LogP contribution is 2.28. The molecular formula is C24H30N4O3S2. The summed E-state index contributed by atoms with van der Waals surface area (Å²) in [7, 11) is -3.53. The molecule has 0 aliphatic carbocycles. The molecule has 0 spiro atoms. The molecule has 3 heterocycles. The van der Waals surface area contributed by atoms with E-state index in [4.69, 9.17) is 0 Å². The Morgan fingerprint density at radius 3 is 2.70 bits per heavy atom. The van der Waals surface area contributed by atoms with E-state index in [9.17, 15) is 13.2 Å². The number of aryl methyl sites for hydroxylation is 3. The number of carbonyl (C=O) groups excluding carboxylic acids is 1. The summed E-state index contributed by atoms with van der Waals surface area (Å²) in [5.74, 6) is -0.369. The van der Waals surface area contributed by atoms with Gasteiger partial charge in [-0.05, 0) is 69.4 Å². The molecule has 4 rings (SSSR count). The summed E-state index contributed by atoms with van der Waals surface area (Å²) in [5.41, 5.74) is 3.17. The first kappa shape index (κ1) is 23.7. The van der Waals surface area contributed by atoms with Crippen molar-refractivity contribution in [3.8, 4) is 5.69 Å². The van der Waals surface area contributed by atoms with Gasteiger partial charge in [0.15, 0.2) is 0 Å². The molecule has 0 bridgehead atoms. The van der Waals surface area contributed by atoms with E-state index in [2.05, 4.69) is 10.4 Å². The van der Waals surface area contributed by atoms with E-state index in [0.717, 1.165) is 34.7 Å². The number of nitrogens with zero attached hydrogens (tertiary/aromatic N) is 3. The third-order valence-corrected chi connectivity index (χ3v) is 9.34. The summed E-state index contributed by atoms with van der Waals surface area (Å²) in [4.78, 5) is 13.7. The van der Waals surface area contributed by atoms with E-state index in [1.54, 1.807) is 6.07 Å². The van der Waals surface area contributed by atoms with Crippen molar-refractivity contribution >= 4 is 27.3 Å². The highest BCUT2D eigenvalue weighted by Gasteiger charge is 2.33. The molecular weight excluding hydrogens is 456 g/mol. The monoisotopic (exact) mass is 486 g/mol. The number of rotatable bonds is 8. The number of aromatic nitrogens is 2. The van der Waals surface area contributed by atoms with E-state index < -0.39 is 10.0 Å². The average Bonchev–Trinajstić information content (AvgIpc) is 3.43. The molecule has 0 saturated carbocycles. The molecule has 1 fully saturated rings. The number of nitrogens with one attached hydrogen (secondary N) is 1. The lowest BCUT2D eigenvalue weighted by Gasteiger charge is -2.30. The van der Waals surface area contributed by atoms with Gasteiger partial charge in [0.1, 0.15) is 4.21 Å². The van der Waals surface area contributed by atoms with Gasteiger partial charge in [0.25, 0.3) is 10.0 Å². The zero-order chi connectivity index (χ0) is 23.4. The lowest BCUT2D eigenvalue weighted by molar-refractivity contribution is -0.126. The Kier molecular flexibility index (Phi) is 7.31. The first-order chi connectivity index (χ1) is 15.8. The SMILES string of the molecule is Cc1ccc(S(=O)(=O)N2CCCC(C(=O)NCCCc3cn(-c4ccccc4)nc3C)C2)s1. The molecule has 176 valence electrons. The predicted octanol–water partition coefficient (Wildman–Crippen LogP) is 3.70. The number of hydrogen-bond acceptors (Lipinski definition) is 5. The first-order valence-corrected chi connectivity index (χ1v) is 13.5. The number of thiophene rings is 1. The van der Waals surface area contributed by atoms with Crippen molar-refractivity contribution in [3.05, 3.63) is 64.8 Å². The number of carbonyl (C=O) groups is 1. The number of amides is 1. The maximum absolute atomic E-state index is 12.9. The van der Waals surface area contributed by atoms with Crippen LogP contribution in [0.2, 0.25) is 0 Å². The van der Waals surface area contributed by atoms with Crippen LogP contribution in [-0.4, -0.2) is 48.0 Å². The van der Waals surface area contributed by atoms with Crippen LogP contribution in [0.5, 0.6) is 0 Å². The molecule has 1 aliphatic heterocycles. The normalized spacial score (nSPS) is 17.2. The molecule has 2 aromatic heterocycles. The fourth-order valence-corrected chi connectivity index (χ4v) is 7.10. The first-order valence-electron chi connectivity index (χ1n) is 11.3. The van der Waals surface area contributed by atoms with Gasteiger partial charge in [-0.3, -0.25) is 4.79 Å². The van der Waals surface area contributed by atoms with Crippen LogP contribution in [0.3, 0.4) is 0 Å². The standard InChI is InChI=1S/C24H30N4O3S2/c1-18-12-13-23(32-18)33(30,31)27-15-7-9-21(16-27)24(29)25-14-6-8-20-17-28(26-19(20)2)22-10-4-3-5-11-22/h3-5,10-13,17,21H,6-9,14-16H2,1-2H3,(H,25,29). The Labute approximate surface area is 199 Å². The van der Waals surface area contributed by atoms with Crippen LogP contribution >= 0.6 is 11.3 Å². The van der Waals surface area contributed by atoms with Crippen LogP contribution in [0.4, 0.5) is 0 Å². The second-order valence-electron chi connectivity index (χ2n) is 8.48. The second-order valence-corrected chi connectivity index (χ2v) is 11.9. The van der Waals surface area contributed by atoms with Crippen LogP contribution < -0.4 is 5.32 Å². The molecule has 9 heteroatoms. The number of piperidine rings is 1. The van der Waals surface area contributed by atoms with Gasteiger partial charge in [-0.15, -0.1) is 11.3 Å². The van der Waals surface area contributed by atoms with Gasteiger partial charge in [0.05, 0.1) is 17.3 Å². The third kappa shape index (κ3) is 5.54. The Hall–Kier alpha value is -2.49. The predicted molar refractivity (Wildman–Crippen MR) is 130 cm³/mol. The third-order valence-electron chi connectivity index (χ3n) is 6.01. The quantitative estimate of drug-likeness (QED) is 0.492. The Morgan fingerprint density at radius 1 is 1.18 bits per heavy atom. The van der Waals surface area contributed by atoms with Crippen molar-refractivity contribution in [3.63, 3.8) is 0 Å². The summed E-state index contributed by atoms with van der Waals surface area (Å²) in [6, 6.07) is 13.5. The molecule has 0 radical (unpaired) electrons. The van der Waals surface area contributed by atoms with Gasteiger partial charge in [-0.1, -0.05) is 18.2 Å². The number of para-hydroxylation sites is 1. The highest BCUT2D eigenvalue weighted by molar-refractivity contribution is 7.91. The maximum atomic E-state index is 12.9. The van der Waals surface area contributed by atoms with Crippen LogP contribution in [0.15, 0.2) is 52.9 Å². The second kappa shape index (κ2) is 10.2. The van der Waals surface area contributed by atoms with Crippen LogP contribution in [0.1, 0.15) is 35.4 Å². The van der Waals surface area contributed by atoms with E-state index in [-0.39, 0.29) is 18.4 Å². The minimum absolute atomic E-state index is 0.0611. The molecule has 7 nitrogen and oxygen atoms in total. The molecule has 1 aliphatic rings. The van der Waals surface area contributed by atoms with Crippen molar-refractivity contribution < 1.29 is 13.2 Å². The summed E-state index contributed by atoms with van der Waals surface area (Å²) in [6.07, 6.45) is 5.07. The minimum atomic E-state index is -3.53. The Balaban J connectivity index is 1.27. The summed E-state index contributed by atoms with van der Waals surface area (Å²) >= 11 is 1.28. The molecule has 3 aromatic rings. The molecule has 1 amide bonds. The maximum Gasteiger partial charge on any atom is 0.252 e. The lowest BCUT2D eigenvalue weighted by atomic mass is 9.99. The van der Waals surface area contributed by atoms with Crippen molar-refractivity contribution in [1.29, 1.82) is 0 Å². The van der Waals surface area contributed by atoms with Crippen LogP contribution in [0.25, 0.3) is 5.69 Å². The number of hydrogen-bond donors (Lipinski definition) is 1. The zero-order valence-corrected chi connectivity index (χ0v) is 20.7. The molecule has 1 N–H and O–H groups in total. The van der Waals surface area contributed by atoms with Crippen molar-refractivity contribution in [2.45, 2.75) is 43.7 Å². The topological polar surface area (TPSA) is 84.3 Å². The highest BCUT2D eigenvalue weighted by atomic mass is 32.2. The van der Waals surface area contributed by atoms with Crippen molar-refractivity contribution in [2.24, 2.45) is 5.92 Å². The van der Waals surface area contributed by atoms with Crippen molar-refractivity contribution in [2.75, 3.05) is 19.6 Å². The fraction of sp³-hybridized carbons (Fsp3) is 0.417. The van der Waals surface area contributed by atoms with E-state index in [0.29, 0.717) is 30.1 Å². The smallest absolute Gasteiger partial charge is 0.252 e. The van der Waals surface area contributed by atoms with E-state index in [1.807, 2.05) is 61.1 Å². The number of sulfonamides is 1. The van der Waals surface area contributed by atoms with Gasteiger partial charge in [-0.2, -0.15) is 9.40 Å². The Morgan fingerprint density at radius 2 is 1.97 bits per heavy atom. The minimum Gasteiger partial charge on any atom is -0.356 e. The van der Waals surface area contributed by atoms with E-state index in [1.165, 1.54) is 15.6 Å². The van der Waals surface area contributed by atoms with E-state index >= 15 is 0 Å². The molecule has 1 unspecified atom stereocenters. The van der Waals surface area contributed by atoms with Crippen LogP contribution in [0, 0.1) is 19.8 Å². The summed E-state index contributed by atoms with van der Waals surface area (Å²) < 4.78 is 29.5. The summed E-state index contributed by atoms with van der Waals surface area (Å²) in [5, 5.41) is 7.61. The molecule has 33 heavy (non-hydrogen) atoms. The lowest BCUT2D eigenvalue weighted by Crippen LogP contribution is -2.45. The molecule has 1 atom stereocenters. The van der Waals surface area contributed by atoms with Gasteiger partial charge < -0.3 is 5.32 Å². The van der Waals surface area contributed by atoms with Crippen LogP contribution in [-0.2, 0) is 21.2 Å². The van der Waals surface area contributed by atoms with Gasteiger partial charge in [0, 0.05) is 30.7 Å². The van der Waals surface area contributed by atoms with Gasteiger partial charge in [0.2, 0.25) is 5.91 Å². The van der Waals surface area contributed by atoms with Gasteiger partial charge >= 0.3 is 0 Å². The molecule has 1 saturated heterocycles. The largest absolute Gasteiger partial charge is 0.356 e. The average molecular weight is 487 g/mol.